The van der Waals surface area contributed by atoms with E-state index in [1.807, 2.05) is 73.1 Å². The van der Waals surface area contributed by atoms with Gasteiger partial charge in [0, 0.05) is 29.8 Å². The molecule has 4 aromatic rings. The summed E-state index contributed by atoms with van der Waals surface area (Å²) in [6.45, 7) is 8.32. The van der Waals surface area contributed by atoms with Crippen molar-refractivity contribution in [3.05, 3.63) is 72.2 Å². The number of nitrogens with one attached hydrogen (secondary N) is 2. The highest BCUT2D eigenvalue weighted by Gasteiger charge is 2.21. The molecule has 2 N–H and O–H groups in total. The Kier molecular flexibility index (Phi) is 5.52. The molecule has 2 aromatic carbocycles. The first-order chi connectivity index (χ1) is 15.2. The van der Waals surface area contributed by atoms with Crippen LogP contribution in [0.3, 0.4) is 0 Å². The zero-order valence-electron chi connectivity index (χ0n) is 18.9. The van der Waals surface area contributed by atoms with E-state index in [9.17, 15) is 4.79 Å². The van der Waals surface area contributed by atoms with Crippen LogP contribution in [0.1, 0.15) is 32.0 Å². The quantitative estimate of drug-likeness (QED) is 0.482. The molecule has 8 heteroatoms. The number of anilines is 2. The summed E-state index contributed by atoms with van der Waals surface area (Å²) in [5.41, 5.74) is 4.37. The van der Waals surface area contributed by atoms with Gasteiger partial charge in [-0.1, -0.05) is 38.5 Å². The fraction of sp³-hybridized carbons (Fsp3) is 0.250. The smallest absolute Gasteiger partial charge is 0.317 e. The maximum absolute atomic E-state index is 12.8. The Morgan fingerprint density at radius 3 is 2.25 bits per heavy atom. The average Bonchev–Trinajstić information content (AvgIpc) is 3.35. The van der Waals surface area contributed by atoms with Gasteiger partial charge in [0.05, 0.1) is 11.4 Å². The van der Waals surface area contributed by atoms with Crippen molar-refractivity contribution in [3.8, 4) is 17.1 Å². The minimum atomic E-state index is -0.342. The number of aromatic nitrogens is 5. The first kappa shape index (κ1) is 21.3. The Labute approximate surface area is 187 Å². The lowest BCUT2D eigenvalue weighted by molar-refractivity contribution is 0.262. The van der Waals surface area contributed by atoms with Crippen molar-refractivity contribution in [2.75, 3.05) is 10.6 Å². The van der Waals surface area contributed by atoms with E-state index in [2.05, 4.69) is 41.6 Å². The highest BCUT2D eigenvalue weighted by molar-refractivity contribution is 5.99. The molecule has 2 heterocycles. The van der Waals surface area contributed by atoms with Crippen molar-refractivity contribution in [3.63, 3.8) is 0 Å². The third kappa shape index (κ3) is 4.54. The number of urea groups is 1. The van der Waals surface area contributed by atoms with E-state index in [1.165, 1.54) is 0 Å². The molecule has 0 saturated carbocycles. The SMILES string of the molecule is Cc1ccc(-n2nc(C(C)(C)C)cc2NC(=O)Nc2ccc(-c3nncn3C)cc2)cc1. The molecule has 0 aliphatic carbocycles. The number of hydrogen-bond acceptors (Lipinski definition) is 4. The Morgan fingerprint density at radius 2 is 1.66 bits per heavy atom. The molecule has 2 amide bonds. The van der Waals surface area contributed by atoms with Crippen LogP contribution < -0.4 is 10.6 Å². The second kappa shape index (κ2) is 8.30. The maximum atomic E-state index is 12.8. The fourth-order valence-corrected chi connectivity index (χ4v) is 3.25. The number of aryl methyl sites for hydroxylation is 2. The third-order valence-electron chi connectivity index (χ3n) is 5.11. The van der Waals surface area contributed by atoms with E-state index >= 15 is 0 Å². The molecule has 0 aliphatic heterocycles. The summed E-state index contributed by atoms with van der Waals surface area (Å²) in [6, 6.07) is 17.1. The molecule has 0 unspecified atom stereocenters. The van der Waals surface area contributed by atoms with E-state index in [0.29, 0.717) is 11.5 Å². The lowest BCUT2D eigenvalue weighted by atomic mass is 9.92. The molecular weight excluding hydrogens is 402 g/mol. The Balaban J connectivity index is 1.54. The minimum Gasteiger partial charge on any atom is -0.317 e. The van der Waals surface area contributed by atoms with E-state index in [1.54, 1.807) is 11.0 Å². The molecule has 0 bridgehead atoms. The summed E-state index contributed by atoms with van der Waals surface area (Å²) in [7, 11) is 1.89. The Morgan fingerprint density at radius 1 is 0.969 bits per heavy atom. The van der Waals surface area contributed by atoms with Crippen molar-refractivity contribution in [1.82, 2.24) is 24.5 Å². The van der Waals surface area contributed by atoms with Gasteiger partial charge in [-0.15, -0.1) is 10.2 Å². The molecule has 4 rings (SSSR count). The summed E-state index contributed by atoms with van der Waals surface area (Å²) < 4.78 is 3.60. The predicted octanol–water partition coefficient (Wildman–Crippen LogP) is 4.92. The van der Waals surface area contributed by atoms with Crippen LogP contribution >= 0.6 is 0 Å². The van der Waals surface area contributed by atoms with E-state index in [0.717, 1.165) is 28.3 Å². The lowest BCUT2D eigenvalue weighted by Gasteiger charge is -2.14. The molecular formula is C24H27N7O. The molecule has 32 heavy (non-hydrogen) atoms. The molecule has 0 atom stereocenters. The summed E-state index contributed by atoms with van der Waals surface area (Å²) in [4.78, 5) is 12.8. The summed E-state index contributed by atoms with van der Waals surface area (Å²) >= 11 is 0. The summed E-state index contributed by atoms with van der Waals surface area (Å²) in [5.74, 6) is 1.37. The lowest BCUT2D eigenvalue weighted by Crippen LogP contribution is -2.21. The Hall–Kier alpha value is -3.94. The molecule has 164 valence electrons. The summed E-state index contributed by atoms with van der Waals surface area (Å²) in [5, 5.41) is 18.6. The third-order valence-corrected chi connectivity index (χ3v) is 5.11. The van der Waals surface area contributed by atoms with E-state index in [-0.39, 0.29) is 11.4 Å². The first-order valence-electron chi connectivity index (χ1n) is 10.4. The van der Waals surface area contributed by atoms with Crippen LogP contribution in [0, 0.1) is 6.92 Å². The zero-order chi connectivity index (χ0) is 22.9. The van der Waals surface area contributed by atoms with Gasteiger partial charge in [0.2, 0.25) is 0 Å². The number of amides is 2. The number of carbonyl (C=O) groups excluding carboxylic acids is 1. The van der Waals surface area contributed by atoms with Gasteiger partial charge < -0.3 is 9.88 Å². The van der Waals surface area contributed by atoms with Crippen LogP contribution in [-0.2, 0) is 12.5 Å². The van der Waals surface area contributed by atoms with E-state index in [4.69, 9.17) is 5.10 Å². The Bertz CT molecular complexity index is 1230. The topological polar surface area (TPSA) is 89.7 Å². The number of nitrogens with zero attached hydrogens (tertiary/aromatic N) is 5. The molecule has 0 aliphatic rings. The molecule has 2 aromatic heterocycles. The van der Waals surface area contributed by atoms with Gasteiger partial charge in [0.1, 0.15) is 12.1 Å². The van der Waals surface area contributed by atoms with Crippen LogP contribution in [0.5, 0.6) is 0 Å². The fourth-order valence-electron chi connectivity index (χ4n) is 3.25. The zero-order valence-corrected chi connectivity index (χ0v) is 18.9. The van der Waals surface area contributed by atoms with Crippen LogP contribution in [0.4, 0.5) is 16.3 Å². The van der Waals surface area contributed by atoms with Crippen LogP contribution in [0.15, 0.2) is 60.9 Å². The molecule has 0 spiro atoms. The van der Waals surface area contributed by atoms with Crippen molar-refractivity contribution in [2.45, 2.75) is 33.1 Å². The number of rotatable bonds is 4. The standard InChI is InChI=1S/C24H27N7O/c1-16-6-12-19(13-7-16)31-21(14-20(29-31)24(2,3)4)27-23(32)26-18-10-8-17(9-11-18)22-28-25-15-30(22)5/h6-15H,1-5H3,(H2,26,27,32). The average molecular weight is 430 g/mol. The van der Waals surface area contributed by atoms with Gasteiger partial charge in [0.15, 0.2) is 5.82 Å². The number of hydrogen-bond donors (Lipinski definition) is 2. The van der Waals surface area contributed by atoms with Crippen molar-refractivity contribution >= 4 is 17.5 Å². The highest BCUT2D eigenvalue weighted by atomic mass is 16.2. The van der Waals surface area contributed by atoms with Gasteiger partial charge >= 0.3 is 6.03 Å². The van der Waals surface area contributed by atoms with Crippen molar-refractivity contribution < 1.29 is 4.79 Å². The first-order valence-corrected chi connectivity index (χ1v) is 10.4. The molecule has 0 radical (unpaired) electrons. The van der Waals surface area contributed by atoms with Gasteiger partial charge in [-0.25, -0.2) is 9.48 Å². The normalized spacial score (nSPS) is 11.4. The van der Waals surface area contributed by atoms with Gasteiger partial charge in [-0.3, -0.25) is 5.32 Å². The van der Waals surface area contributed by atoms with Crippen LogP contribution in [0.2, 0.25) is 0 Å². The molecule has 8 nitrogen and oxygen atoms in total. The second-order valence-corrected chi connectivity index (χ2v) is 8.83. The maximum Gasteiger partial charge on any atom is 0.324 e. The molecule has 0 fully saturated rings. The highest BCUT2D eigenvalue weighted by Crippen LogP contribution is 2.27. The van der Waals surface area contributed by atoms with Crippen LogP contribution in [-0.4, -0.2) is 30.6 Å². The van der Waals surface area contributed by atoms with Gasteiger partial charge in [0.25, 0.3) is 0 Å². The van der Waals surface area contributed by atoms with Crippen molar-refractivity contribution in [1.29, 1.82) is 0 Å². The second-order valence-electron chi connectivity index (χ2n) is 8.83. The monoisotopic (exact) mass is 429 g/mol. The van der Waals surface area contributed by atoms with E-state index < -0.39 is 0 Å². The number of carbonyl (C=O) groups is 1. The molecule has 0 saturated heterocycles. The minimum absolute atomic E-state index is 0.154. The largest absolute Gasteiger partial charge is 0.324 e. The van der Waals surface area contributed by atoms with Gasteiger partial charge in [-0.2, -0.15) is 5.10 Å². The van der Waals surface area contributed by atoms with Crippen LogP contribution in [0.25, 0.3) is 17.1 Å². The number of benzene rings is 2. The van der Waals surface area contributed by atoms with Crippen molar-refractivity contribution in [2.24, 2.45) is 7.05 Å². The predicted molar refractivity (Wildman–Crippen MR) is 126 cm³/mol. The summed E-state index contributed by atoms with van der Waals surface area (Å²) in [6.07, 6.45) is 1.65. The van der Waals surface area contributed by atoms with Gasteiger partial charge in [-0.05, 0) is 43.3 Å².